The molecule has 0 saturated heterocycles. The predicted octanol–water partition coefficient (Wildman–Crippen LogP) is 3.22. The van der Waals surface area contributed by atoms with Gasteiger partial charge < -0.3 is 5.32 Å². The molecule has 1 aromatic heterocycles. The van der Waals surface area contributed by atoms with Crippen LogP contribution in [0.1, 0.15) is 63.5 Å². The molecule has 108 valence electrons. The van der Waals surface area contributed by atoms with Gasteiger partial charge in [-0.3, -0.25) is 4.79 Å². The van der Waals surface area contributed by atoms with E-state index in [1.807, 2.05) is 0 Å². The number of rotatable bonds is 5. The topological polar surface area (TPSA) is 54.9 Å². The first-order valence-electron chi connectivity index (χ1n) is 7.50. The lowest BCUT2D eigenvalue weighted by Gasteiger charge is -2.04. The van der Waals surface area contributed by atoms with Gasteiger partial charge in [-0.25, -0.2) is 0 Å². The zero-order valence-corrected chi connectivity index (χ0v) is 12.5. The van der Waals surface area contributed by atoms with Gasteiger partial charge in [0.1, 0.15) is 5.01 Å². The Morgan fingerprint density at radius 1 is 1.10 bits per heavy atom. The smallest absolute Gasteiger partial charge is 0.282 e. The van der Waals surface area contributed by atoms with Gasteiger partial charge in [0.25, 0.3) is 5.91 Å². The van der Waals surface area contributed by atoms with E-state index in [4.69, 9.17) is 0 Å². The summed E-state index contributed by atoms with van der Waals surface area (Å²) in [4.78, 5) is 12.1. The van der Waals surface area contributed by atoms with E-state index in [1.165, 1.54) is 42.6 Å². The van der Waals surface area contributed by atoms with Crippen LogP contribution in [0.25, 0.3) is 0 Å². The number of carbonyl (C=O) groups excluding carboxylic acids is 1. The zero-order valence-electron chi connectivity index (χ0n) is 11.7. The second-order valence-electron chi connectivity index (χ2n) is 5.92. The van der Waals surface area contributed by atoms with Gasteiger partial charge in [-0.1, -0.05) is 35.6 Å². The standard InChI is InChI=1S/C16H17N3OS/c20-14(16-19-18-15(21-16)13-7-8-13)17-9-10-1-3-11(4-2-10)12-5-6-12/h1-4,12-13H,5-9H2,(H,17,20). The van der Waals surface area contributed by atoms with E-state index in [2.05, 4.69) is 39.8 Å². The summed E-state index contributed by atoms with van der Waals surface area (Å²) >= 11 is 1.43. The SMILES string of the molecule is O=C(NCc1ccc(C2CC2)cc1)c1nnc(C2CC2)s1. The van der Waals surface area contributed by atoms with E-state index in [0.29, 0.717) is 17.5 Å². The lowest BCUT2D eigenvalue weighted by molar-refractivity contribution is 0.0950. The van der Waals surface area contributed by atoms with Gasteiger partial charge in [0, 0.05) is 12.5 Å². The molecule has 21 heavy (non-hydrogen) atoms. The van der Waals surface area contributed by atoms with Crippen molar-refractivity contribution in [1.29, 1.82) is 0 Å². The Kier molecular flexibility index (Phi) is 3.22. The maximum absolute atomic E-state index is 12.1. The van der Waals surface area contributed by atoms with Crippen LogP contribution in [0.2, 0.25) is 0 Å². The normalized spacial score (nSPS) is 17.7. The molecule has 0 aliphatic heterocycles. The summed E-state index contributed by atoms with van der Waals surface area (Å²) < 4.78 is 0. The van der Waals surface area contributed by atoms with Crippen molar-refractivity contribution in [2.24, 2.45) is 0 Å². The van der Waals surface area contributed by atoms with Crippen LogP contribution in [0.4, 0.5) is 0 Å². The number of amides is 1. The van der Waals surface area contributed by atoms with Crippen molar-refractivity contribution >= 4 is 17.2 Å². The van der Waals surface area contributed by atoms with E-state index in [0.717, 1.165) is 16.5 Å². The van der Waals surface area contributed by atoms with Gasteiger partial charge in [-0.15, -0.1) is 10.2 Å². The Morgan fingerprint density at radius 2 is 1.81 bits per heavy atom. The third-order valence-electron chi connectivity index (χ3n) is 4.04. The minimum absolute atomic E-state index is 0.120. The van der Waals surface area contributed by atoms with E-state index in [-0.39, 0.29) is 5.91 Å². The van der Waals surface area contributed by atoms with Gasteiger partial charge >= 0.3 is 0 Å². The van der Waals surface area contributed by atoms with Gasteiger partial charge in [-0.05, 0) is 42.7 Å². The third-order valence-corrected chi connectivity index (χ3v) is 5.13. The van der Waals surface area contributed by atoms with Crippen LogP contribution in [0.5, 0.6) is 0 Å². The van der Waals surface area contributed by atoms with Crippen molar-refractivity contribution in [1.82, 2.24) is 15.5 Å². The molecule has 2 aliphatic rings. The van der Waals surface area contributed by atoms with Gasteiger partial charge in [-0.2, -0.15) is 0 Å². The van der Waals surface area contributed by atoms with E-state index in [9.17, 15) is 4.79 Å². The highest BCUT2D eigenvalue weighted by atomic mass is 32.1. The first kappa shape index (κ1) is 13.0. The highest BCUT2D eigenvalue weighted by Crippen LogP contribution is 2.41. The summed E-state index contributed by atoms with van der Waals surface area (Å²) in [7, 11) is 0. The maximum atomic E-state index is 12.1. The molecule has 0 spiro atoms. The summed E-state index contributed by atoms with van der Waals surface area (Å²) in [6.07, 6.45) is 5.00. The van der Waals surface area contributed by atoms with Crippen molar-refractivity contribution in [2.75, 3.05) is 0 Å². The molecule has 0 unspecified atom stereocenters. The molecule has 0 atom stereocenters. The second-order valence-corrected chi connectivity index (χ2v) is 6.93. The minimum atomic E-state index is -0.120. The molecule has 4 nitrogen and oxygen atoms in total. The molecular weight excluding hydrogens is 282 g/mol. The largest absolute Gasteiger partial charge is 0.346 e. The van der Waals surface area contributed by atoms with Crippen molar-refractivity contribution in [3.05, 3.63) is 45.4 Å². The number of aromatic nitrogens is 2. The van der Waals surface area contributed by atoms with Crippen LogP contribution in [0, 0.1) is 0 Å². The molecule has 1 aromatic carbocycles. The molecule has 4 rings (SSSR count). The molecule has 0 bridgehead atoms. The Hall–Kier alpha value is -1.75. The zero-order chi connectivity index (χ0) is 14.2. The van der Waals surface area contributed by atoms with Crippen LogP contribution in [-0.2, 0) is 6.54 Å². The number of benzene rings is 1. The first-order chi connectivity index (χ1) is 10.3. The first-order valence-corrected chi connectivity index (χ1v) is 8.31. The number of hydrogen-bond donors (Lipinski definition) is 1. The summed E-state index contributed by atoms with van der Waals surface area (Å²) in [5.74, 6) is 1.21. The van der Waals surface area contributed by atoms with E-state index < -0.39 is 0 Å². The quantitative estimate of drug-likeness (QED) is 0.922. The Labute approximate surface area is 127 Å². The number of nitrogens with one attached hydrogen (secondary N) is 1. The Morgan fingerprint density at radius 3 is 2.48 bits per heavy atom. The van der Waals surface area contributed by atoms with Crippen LogP contribution in [0.3, 0.4) is 0 Å². The lowest BCUT2D eigenvalue weighted by Crippen LogP contribution is -2.22. The summed E-state index contributed by atoms with van der Waals surface area (Å²) in [5.41, 5.74) is 2.54. The van der Waals surface area contributed by atoms with E-state index >= 15 is 0 Å². The summed E-state index contributed by atoms with van der Waals surface area (Å²) in [5, 5.41) is 12.5. The molecule has 2 fully saturated rings. The van der Waals surface area contributed by atoms with Crippen LogP contribution < -0.4 is 5.32 Å². The van der Waals surface area contributed by atoms with Crippen molar-refractivity contribution in [3.63, 3.8) is 0 Å². The Balaban J connectivity index is 1.35. The highest BCUT2D eigenvalue weighted by molar-refractivity contribution is 7.13. The average Bonchev–Trinajstić information content (AvgIpc) is 3.44. The van der Waals surface area contributed by atoms with Crippen molar-refractivity contribution in [3.8, 4) is 0 Å². The fraction of sp³-hybridized carbons (Fsp3) is 0.438. The van der Waals surface area contributed by atoms with Crippen molar-refractivity contribution in [2.45, 2.75) is 44.1 Å². The molecular formula is C16H17N3OS. The number of carbonyl (C=O) groups is 1. The van der Waals surface area contributed by atoms with Crippen LogP contribution >= 0.6 is 11.3 Å². The summed E-state index contributed by atoms with van der Waals surface area (Å²) in [6.45, 7) is 0.544. The molecule has 2 saturated carbocycles. The van der Waals surface area contributed by atoms with Crippen molar-refractivity contribution < 1.29 is 4.79 Å². The van der Waals surface area contributed by atoms with Crippen LogP contribution in [0.15, 0.2) is 24.3 Å². The average molecular weight is 299 g/mol. The number of hydrogen-bond acceptors (Lipinski definition) is 4. The van der Waals surface area contributed by atoms with Gasteiger partial charge in [0.2, 0.25) is 5.01 Å². The fourth-order valence-electron chi connectivity index (χ4n) is 2.40. The molecule has 5 heteroatoms. The second kappa shape index (κ2) is 5.22. The molecule has 2 aliphatic carbocycles. The van der Waals surface area contributed by atoms with Gasteiger partial charge in [0.15, 0.2) is 0 Å². The highest BCUT2D eigenvalue weighted by Gasteiger charge is 2.28. The molecule has 1 amide bonds. The third kappa shape index (κ3) is 2.97. The van der Waals surface area contributed by atoms with Crippen LogP contribution in [-0.4, -0.2) is 16.1 Å². The number of nitrogens with zero attached hydrogens (tertiary/aromatic N) is 2. The minimum Gasteiger partial charge on any atom is -0.346 e. The fourth-order valence-corrected chi connectivity index (χ4v) is 3.33. The molecule has 0 radical (unpaired) electrons. The predicted molar refractivity (Wildman–Crippen MR) is 81.5 cm³/mol. The molecule has 1 N–H and O–H groups in total. The molecule has 2 aromatic rings. The van der Waals surface area contributed by atoms with Gasteiger partial charge in [0.05, 0.1) is 0 Å². The summed E-state index contributed by atoms with van der Waals surface area (Å²) in [6, 6.07) is 8.55. The maximum Gasteiger partial charge on any atom is 0.282 e. The molecule has 1 heterocycles. The Bertz CT molecular complexity index is 656. The van der Waals surface area contributed by atoms with E-state index in [1.54, 1.807) is 0 Å². The lowest BCUT2D eigenvalue weighted by atomic mass is 10.1. The monoisotopic (exact) mass is 299 g/mol.